The van der Waals surface area contributed by atoms with Crippen LogP contribution in [0.1, 0.15) is 25.3 Å². The molecule has 1 saturated heterocycles. The molecule has 0 saturated carbocycles. The summed E-state index contributed by atoms with van der Waals surface area (Å²) in [5, 5.41) is 34.2. The zero-order valence-electron chi connectivity index (χ0n) is 20.1. The van der Waals surface area contributed by atoms with E-state index < -0.39 is 0 Å². The minimum absolute atomic E-state index is 0.0549. The molecule has 4 rings (SSSR count). The Morgan fingerprint density at radius 3 is 2.44 bits per heavy atom. The highest BCUT2D eigenvalue weighted by atomic mass is 35.5. The van der Waals surface area contributed by atoms with Gasteiger partial charge in [0.25, 0.3) is 0 Å². The second-order valence-corrected chi connectivity index (χ2v) is 9.60. The van der Waals surface area contributed by atoms with Crippen LogP contribution in [0, 0.1) is 11.3 Å². The second kappa shape index (κ2) is 11.8. The van der Waals surface area contributed by atoms with Crippen LogP contribution >= 0.6 is 23.2 Å². The maximum absolute atomic E-state index is 10.7. The number of phenols is 2. The van der Waals surface area contributed by atoms with E-state index in [0.29, 0.717) is 34.6 Å². The first-order valence-corrected chi connectivity index (χ1v) is 12.7. The van der Waals surface area contributed by atoms with Crippen LogP contribution in [0.15, 0.2) is 30.5 Å². The van der Waals surface area contributed by atoms with Crippen molar-refractivity contribution >= 4 is 45.5 Å². The number of aromatic nitrogens is 1. The minimum Gasteiger partial charge on any atom is -0.506 e. The lowest BCUT2D eigenvalue weighted by Crippen LogP contribution is -2.46. The van der Waals surface area contributed by atoms with Crippen LogP contribution in [-0.4, -0.2) is 70.9 Å². The van der Waals surface area contributed by atoms with Gasteiger partial charge in [-0.3, -0.25) is 4.98 Å². The standard InChI is InChI=1S/C26H29Cl2N5O3/c1-2-4-32-6-8-33(9-7-32)5-3-10-36-25-14-21-18(11-24(25)35)26(17(15-29)16-30-21)31-22-13-23(34)20(28)12-19(22)27/h11-14,16,34-35H,2-10H2,1H3,(H,30,31). The van der Waals surface area contributed by atoms with Gasteiger partial charge in [0, 0.05) is 56.4 Å². The van der Waals surface area contributed by atoms with Crippen LogP contribution in [0.2, 0.25) is 10.0 Å². The number of anilines is 2. The van der Waals surface area contributed by atoms with Crippen molar-refractivity contribution in [2.45, 2.75) is 19.8 Å². The van der Waals surface area contributed by atoms with E-state index in [1.165, 1.54) is 30.8 Å². The fourth-order valence-electron chi connectivity index (χ4n) is 4.33. The first kappa shape index (κ1) is 26.1. The number of aromatic hydroxyl groups is 2. The molecule has 0 bridgehead atoms. The number of rotatable bonds is 9. The molecule has 2 aromatic carbocycles. The van der Waals surface area contributed by atoms with E-state index in [0.717, 1.165) is 45.7 Å². The number of hydrogen-bond acceptors (Lipinski definition) is 8. The normalized spacial score (nSPS) is 14.6. The Morgan fingerprint density at radius 2 is 1.75 bits per heavy atom. The van der Waals surface area contributed by atoms with Gasteiger partial charge in [-0.05, 0) is 31.5 Å². The Morgan fingerprint density at radius 1 is 1.03 bits per heavy atom. The number of hydrogen-bond donors (Lipinski definition) is 3. The summed E-state index contributed by atoms with van der Waals surface area (Å²) in [5.41, 5.74) is 1.54. The summed E-state index contributed by atoms with van der Waals surface area (Å²) in [7, 11) is 0. The highest BCUT2D eigenvalue weighted by Crippen LogP contribution is 2.39. The van der Waals surface area contributed by atoms with Gasteiger partial charge in [0.2, 0.25) is 0 Å². The predicted octanol–water partition coefficient (Wildman–Crippen LogP) is 5.36. The summed E-state index contributed by atoms with van der Waals surface area (Å²) >= 11 is 12.2. The number of fused-ring (bicyclic) bond motifs is 1. The fraction of sp³-hybridized carbons (Fsp3) is 0.385. The van der Waals surface area contributed by atoms with Crippen molar-refractivity contribution in [3.8, 4) is 23.3 Å². The molecule has 0 amide bonds. The van der Waals surface area contributed by atoms with Gasteiger partial charge < -0.3 is 30.1 Å². The molecular formula is C26H29Cl2N5O3. The predicted molar refractivity (Wildman–Crippen MR) is 143 cm³/mol. The van der Waals surface area contributed by atoms with Crippen LogP contribution < -0.4 is 10.1 Å². The number of halogens is 2. The third kappa shape index (κ3) is 6.05. The van der Waals surface area contributed by atoms with Gasteiger partial charge in [0.1, 0.15) is 11.8 Å². The molecule has 0 spiro atoms. The molecule has 1 aliphatic rings. The van der Waals surface area contributed by atoms with E-state index >= 15 is 0 Å². The van der Waals surface area contributed by atoms with Gasteiger partial charge in [-0.1, -0.05) is 30.1 Å². The first-order chi connectivity index (χ1) is 17.4. The summed E-state index contributed by atoms with van der Waals surface area (Å²) in [6.45, 7) is 9.13. The maximum atomic E-state index is 10.7. The number of piperazine rings is 1. The van der Waals surface area contributed by atoms with Crippen molar-refractivity contribution < 1.29 is 14.9 Å². The van der Waals surface area contributed by atoms with Gasteiger partial charge in [-0.25, -0.2) is 0 Å². The van der Waals surface area contributed by atoms with Crippen LogP contribution in [0.5, 0.6) is 17.2 Å². The van der Waals surface area contributed by atoms with Gasteiger partial charge >= 0.3 is 0 Å². The average molecular weight is 530 g/mol. The van der Waals surface area contributed by atoms with Crippen molar-refractivity contribution in [3.05, 3.63) is 46.1 Å². The van der Waals surface area contributed by atoms with Crippen molar-refractivity contribution in [1.29, 1.82) is 5.26 Å². The molecule has 8 nitrogen and oxygen atoms in total. The number of pyridine rings is 1. The third-order valence-corrected chi connectivity index (χ3v) is 6.86. The molecule has 0 atom stereocenters. The summed E-state index contributed by atoms with van der Waals surface area (Å²) in [6, 6.07) is 8.04. The minimum atomic E-state index is -0.151. The van der Waals surface area contributed by atoms with E-state index in [4.69, 9.17) is 27.9 Å². The lowest BCUT2D eigenvalue weighted by molar-refractivity contribution is 0.126. The fourth-order valence-corrected chi connectivity index (χ4v) is 4.76. The summed E-state index contributed by atoms with van der Waals surface area (Å²) < 4.78 is 5.88. The summed E-state index contributed by atoms with van der Waals surface area (Å²) in [4.78, 5) is 9.30. The lowest BCUT2D eigenvalue weighted by Gasteiger charge is -2.34. The number of phenolic OH excluding ortho intramolecular Hbond substituents is 2. The largest absolute Gasteiger partial charge is 0.506 e. The number of ether oxygens (including phenoxy) is 1. The number of nitrogens with one attached hydrogen (secondary N) is 1. The van der Waals surface area contributed by atoms with E-state index in [-0.39, 0.29) is 27.1 Å². The quantitative estimate of drug-likeness (QED) is 0.318. The van der Waals surface area contributed by atoms with Crippen LogP contribution in [0.4, 0.5) is 11.4 Å². The highest BCUT2D eigenvalue weighted by molar-refractivity contribution is 6.37. The molecule has 10 heteroatoms. The van der Waals surface area contributed by atoms with Crippen molar-refractivity contribution in [1.82, 2.24) is 14.8 Å². The SMILES string of the molecule is CCCN1CCN(CCCOc2cc3ncc(C#N)c(Nc4cc(O)c(Cl)cc4Cl)c3cc2O)CC1. The Labute approximate surface area is 220 Å². The molecule has 0 radical (unpaired) electrons. The van der Waals surface area contributed by atoms with Crippen LogP contribution in [0.25, 0.3) is 10.9 Å². The number of nitriles is 1. The van der Waals surface area contributed by atoms with Crippen molar-refractivity contribution in [3.63, 3.8) is 0 Å². The summed E-state index contributed by atoms with van der Waals surface area (Å²) in [5.74, 6) is 0.128. The van der Waals surface area contributed by atoms with Crippen LogP contribution in [-0.2, 0) is 0 Å². The van der Waals surface area contributed by atoms with Gasteiger partial charge in [0.05, 0.1) is 39.1 Å². The van der Waals surface area contributed by atoms with Crippen molar-refractivity contribution in [2.75, 3.05) is 51.2 Å². The zero-order valence-corrected chi connectivity index (χ0v) is 21.6. The van der Waals surface area contributed by atoms with E-state index in [1.807, 2.05) is 0 Å². The molecule has 3 N–H and O–H groups in total. The molecule has 1 aromatic heterocycles. The molecule has 190 valence electrons. The molecular weight excluding hydrogens is 501 g/mol. The molecule has 0 unspecified atom stereocenters. The Bertz CT molecular complexity index is 1270. The molecule has 3 aromatic rings. The smallest absolute Gasteiger partial charge is 0.163 e. The molecule has 36 heavy (non-hydrogen) atoms. The Kier molecular flexibility index (Phi) is 8.60. The zero-order chi connectivity index (χ0) is 25.7. The van der Waals surface area contributed by atoms with E-state index in [9.17, 15) is 15.5 Å². The Hall–Kier alpha value is -2.96. The van der Waals surface area contributed by atoms with E-state index in [1.54, 1.807) is 6.07 Å². The average Bonchev–Trinajstić information content (AvgIpc) is 2.87. The summed E-state index contributed by atoms with van der Waals surface area (Å²) in [6.07, 6.45) is 3.47. The highest BCUT2D eigenvalue weighted by Gasteiger charge is 2.17. The second-order valence-electron chi connectivity index (χ2n) is 8.79. The maximum Gasteiger partial charge on any atom is 0.163 e. The third-order valence-electron chi connectivity index (χ3n) is 6.25. The van der Waals surface area contributed by atoms with Gasteiger partial charge in [-0.2, -0.15) is 5.26 Å². The first-order valence-electron chi connectivity index (χ1n) is 12.0. The topological polar surface area (TPSA) is 105 Å². The number of nitrogens with zero attached hydrogens (tertiary/aromatic N) is 4. The lowest BCUT2D eigenvalue weighted by atomic mass is 10.1. The van der Waals surface area contributed by atoms with Crippen LogP contribution in [0.3, 0.4) is 0 Å². The van der Waals surface area contributed by atoms with Crippen molar-refractivity contribution in [2.24, 2.45) is 0 Å². The monoisotopic (exact) mass is 529 g/mol. The number of benzene rings is 2. The molecule has 0 aliphatic carbocycles. The van der Waals surface area contributed by atoms with E-state index in [2.05, 4.69) is 33.1 Å². The Balaban J connectivity index is 1.45. The van der Waals surface area contributed by atoms with Gasteiger partial charge in [0.15, 0.2) is 11.5 Å². The molecule has 1 fully saturated rings. The van der Waals surface area contributed by atoms with Gasteiger partial charge in [-0.15, -0.1) is 0 Å². The molecule has 2 heterocycles. The molecule has 1 aliphatic heterocycles.